The molecule has 0 aromatic heterocycles. The van der Waals surface area contributed by atoms with E-state index in [0.717, 1.165) is 11.1 Å². The number of allylic oxidation sites excluding steroid dienone is 1. The normalized spacial score (nSPS) is 22.7. The van der Waals surface area contributed by atoms with Crippen molar-refractivity contribution in [3.63, 3.8) is 0 Å². The van der Waals surface area contributed by atoms with E-state index in [1.54, 1.807) is 48.5 Å². The van der Waals surface area contributed by atoms with Crippen LogP contribution in [-0.2, 0) is 51.3 Å². The maximum absolute atomic E-state index is 12.4. The molecule has 2 aliphatic heterocycles. The monoisotopic (exact) mass is 782 g/mol. The number of rotatable bonds is 8. The van der Waals surface area contributed by atoms with Gasteiger partial charge in [-0.25, -0.2) is 9.59 Å². The van der Waals surface area contributed by atoms with Crippen LogP contribution >= 0.6 is 0 Å². The molecule has 6 rings (SSSR count). The molecule has 2 aliphatic carbocycles. The lowest BCUT2D eigenvalue weighted by atomic mass is 10.0. The van der Waals surface area contributed by atoms with E-state index in [1.807, 2.05) is 12.1 Å². The molecule has 12 nitrogen and oxygen atoms in total. The summed E-state index contributed by atoms with van der Waals surface area (Å²) in [5.41, 5.74) is -9.36. The van der Waals surface area contributed by atoms with Gasteiger partial charge in [0.15, 0.2) is 0 Å². The summed E-state index contributed by atoms with van der Waals surface area (Å²) in [7, 11) is -11.4. The van der Waals surface area contributed by atoms with Gasteiger partial charge in [0, 0.05) is 37.9 Å². The van der Waals surface area contributed by atoms with E-state index in [2.05, 4.69) is 8.37 Å². The predicted octanol–water partition coefficient (Wildman–Crippen LogP) is 6.34. The molecule has 2 aromatic carbocycles. The molecule has 0 spiro atoms. The fourth-order valence-corrected chi connectivity index (χ4v) is 7.24. The summed E-state index contributed by atoms with van der Waals surface area (Å²) in [5, 5.41) is 0. The van der Waals surface area contributed by atoms with Crippen molar-refractivity contribution < 1.29 is 70.6 Å². The van der Waals surface area contributed by atoms with Crippen LogP contribution in [0.15, 0.2) is 84.3 Å². The molecule has 0 radical (unpaired) electrons. The van der Waals surface area contributed by atoms with Crippen molar-refractivity contribution in [2.75, 3.05) is 13.1 Å². The molecule has 52 heavy (non-hydrogen) atoms. The topological polar surface area (TPSA) is 146 Å². The highest BCUT2D eigenvalue weighted by Crippen LogP contribution is 2.41. The highest BCUT2D eigenvalue weighted by Gasteiger charge is 2.52. The summed E-state index contributed by atoms with van der Waals surface area (Å²) in [6, 6.07) is 17.1. The van der Waals surface area contributed by atoms with Gasteiger partial charge in [0.05, 0.1) is 6.04 Å². The number of amides is 2. The molecule has 0 saturated carbocycles. The Balaban J connectivity index is 0.000000201. The van der Waals surface area contributed by atoms with E-state index in [9.17, 15) is 52.8 Å². The quantitative estimate of drug-likeness (QED) is 0.169. The minimum Gasteiger partial charge on any atom is -0.445 e. The summed E-state index contributed by atoms with van der Waals surface area (Å²) < 4.78 is 138. The number of carbonyl (C=O) groups excluding carboxylic acids is 2. The van der Waals surface area contributed by atoms with Gasteiger partial charge in [-0.05, 0) is 42.0 Å². The first kappa shape index (κ1) is 38.8. The fourth-order valence-electron chi connectivity index (χ4n) is 6.24. The Labute approximate surface area is 294 Å². The number of nitrogens with zero attached hydrogens (tertiary/aromatic N) is 2. The minimum atomic E-state index is -5.70. The van der Waals surface area contributed by atoms with E-state index in [1.165, 1.54) is 22.0 Å². The molecular formula is C32H32F6N2O10S2. The second-order valence-electron chi connectivity index (χ2n) is 12.2. The summed E-state index contributed by atoms with van der Waals surface area (Å²) >= 11 is 0. The average Bonchev–Trinajstić information content (AvgIpc) is 3.84. The summed E-state index contributed by atoms with van der Waals surface area (Å²) in [6.07, 6.45) is 2.38. The van der Waals surface area contributed by atoms with Crippen molar-refractivity contribution in [1.29, 1.82) is 0 Å². The Morgan fingerprint density at radius 3 is 1.62 bits per heavy atom. The molecule has 284 valence electrons. The van der Waals surface area contributed by atoms with Crippen molar-refractivity contribution in [3.8, 4) is 0 Å². The molecule has 4 atom stereocenters. The van der Waals surface area contributed by atoms with Gasteiger partial charge in [0.25, 0.3) is 0 Å². The minimum absolute atomic E-state index is 0.0302. The molecular weight excluding hydrogens is 750 g/mol. The number of alkyl halides is 6. The second kappa shape index (κ2) is 15.3. The summed E-state index contributed by atoms with van der Waals surface area (Å²) in [6.45, 7) is 0.924. The van der Waals surface area contributed by atoms with Gasteiger partial charge in [0.2, 0.25) is 0 Å². The molecule has 20 heteroatoms. The van der Waals surface area contributed by atoms with Gasteiger partial charge in [-0.15, -0.1) is 0 Å². The molecule has 2 aromatic rings. The van der Waals surface area contributed by atoms with Crippen LogP contribution in [0.3, 0.4) is 0 Å². The first-order valence-electron chi connectivity index (χ1n) is 15.7. The van der Waals surface area contributed by atoms with Gasteiger partial charge in [-0.2, -0.15) is 43.2 Å². The van der Waals surface area contributed by atoms with Crippen molar-refractivity contribution in [3.05, 3.63) is 95.5 Å². The Kier molecular flexibility index (Phi) is 11.4. The third kappa shape index (κ3) is 9.12. The maximum atomic E-state index is 12.4. The number of ether oxygens (including phenoxy) is 2. The highest BCUT2D eigenvalue weighted by molar-refractivity contribution is 7.88. The Morgan fingerprint density at radius 1 is 0.654 bits per heavy atom. The lowest BCUT2D eigenvalue weighted by molar-refractivity contribution is -0.0527. The second-order valence-corrected chi connectivity index (χ2v) is 15.2. The van der Waals surface area contributed by atoms with E-state index >= 15 is 0 Å². The van der Waals surface area contributed by atoms with Gasteiger partial charge < -0.3 is 27.6 Å². The first-order valence-corrected chi connectivity index (χ1v) is 18.5. The van der Waals surface area contributed by atoms with Crippen LogP contribution in [0, 0.1) is 11.8 Å². The Hall–Kier alpha value is -4.46. The van der Waals surface area contributed by atoms with Gasteiger partial charge in [-0.3, -0.25) is 0 Å². The molecule has 0 N–H and O–H groups in total. The van der Waals surface area contributed by atoms with Crippen LogP contribution in [0.25, 0.3) is 0 Å². The van der Waals surface area contributed by atoms with Crippen LogP contribution in [0.1, 0.15) is 36.8 Å². The van der Waals surface area contributed by atoms with Crippen molar-refractivity contribution in [1.82, 2.24) is 9.80 Å². The van der Waals surface area contributed by atoms with Crippen molar-refractivity contribution >= 4 is 32.4 Å². The van der Waals surface area contributed by atoms with Gasteiger partial charge >= 0.3 is 43.4 Å². The van der Waals surface area contributed by atoms with Crippen LogP contribution in [0.4, 0.5) is 35.9 Å². The van der Waals surface area contributed by atoms with Crippen molar-refractivity contribution in [2.24, 2.45) is 11.8 Å². The molecule has 0 bridgehead atoms. The number of fused-ring (bicyclic) bond motifs is 2. The molecule has 2 amide bonds. The van der Waals surface area contributed by atoms with Crippen molar-refractivity contribution in [2.45, 2.75) is 62.0 Å². The standard InChI is InChI=1S/2C16H16F3NO5S/c2*17-16(18,19)26(22,23)25-13-8-12-6-7-20(14(12)9-13)15(21)24-10-11-4-2-1-3-5-11/h1-5,9,12,14H,6-8,10H2;1-5,8,12,14H,6-7,9-10H2. The molecule has 2 saturated heterocycles. The number of halogens is 6. The molecule has 4 aliphatic rings. The zero-order chi connectivity index (χ0) is 37.9. The van der Waals surface area contributed by atoms with E-state index in [0.29, 0.717) is 25.9 Å². The highest BCUT2D eigenvalue weighted by atomic mass is 32.2. The van der Waals surface area contributed by atoms with E-state index < -0.39 is 55.5 Å². The van der Waals surface area contributed by atoms with Crippen LogP contribution in [-0.4, -0.2) is 75.0 Å². The Morgan fingerprint density at radius 2 is 1.12 bits per heavy atom. The maximum Gasteiger partial charge on any atom is 0.534 e. The average molecular weight is 783 g/mol. The molecule has 2 heterocycles. The van der Waals surface area contributed by atoms with Gasteiger partial charge in [-0.1, -0.05) is 60.7 Å². The number of likely N-dealkylation sites (tertiary alicyclic amines) is 2. The lowest BCUT2D eigenvalue weighted by Crippen LogP contribution is -2.37. The number of carbonyl (C=O) groups is 2. The lowest BCUT2D eigenvalue weighted by Gasteiger charge is -2.23. The first-order chi connectivity index (χ1) is 24.3. The summed E-state index contributed by atoms with van der Waals surface area (Å²) in [4.78, 5) is 27.3. The number of hydrogen-bond acceptors (Lipinski definition) is 10. The smallest absolute Gasteiger partial charge is 0.445 e. The third-order valence-corrected chi connectivity index (χ3v) is 10.7. The molecule has 2 fully saturated rings. The van der Waals surface area contributed by atoms with Crippen LogP contribution < -0.4 is 0 Å². The largest absolute Gasteiger partial charge is 0.534 e. The van der Waals surface area contributed by atoms with Crippen LogP contribution in [0.2, 0.25) is 0 Å². The molecule has 4 unspecified atom stereocenters. The predicted molar refractivity (Wildman–Crippen MR) is 168 cm³/mol. The number of hydrogen-bond donors (Lipinski definition) is 0. The zero-order valence-electron chi connectivity index (χ0n) is 27.0. The Bertz CT molecular complexity index is 1890. The SMILES string of the molecule is O=C(OCc1ccccc1)N1CCC2C=C(OS(=O)(=O)C(F)(F)F)CC21.O=C(OCc1ccccc1)N1CCC2CC(OS(=O)(=O)C(F)(F)F)=CC21. The van der Waals surface area contributed by atoms with E-state index in [4.69, 9.17) is 9.47 Å². The van der Waals surface area contributed by atoms with Gasteiger partial charge in [0.1, 0.15) is 24.7 Å². The summed E-state index contributed by atoms with van der Waals surface area (Å²) in [5.74, 6) is -1.02. The van der Waals surface area contributed by atoms with E-state index in [-0.39, 0.29) is 49.4 Å². The zero-order valence-corrected chi connectivity index (χ0v) is 28.6. The third-order valence-electron chi connectivity index (χ3n) is 8.69. The van der Waals surface area contributed by atoms with Crippen LogP contribution in [0.5, 0.6) is 0 Å². The number of benzene rings is 2. The fraction of sp³-hybridized carbons (Fsp3) is 0.438.